The molecule has 0 atom stereocenters. The number of methoxy groups -OCH3 is 1. The molecule has 0 saturated heterocycles. The molecule has 2 aromatic rings. The van der Waals surface area contributed by atoms with E-state index in [4.69, 9.17) is 0 Å². The van der Waals surface area contributed by atoms with E-state index in [1.807, 2.05) is 32.9 Å². The Kier molecular flexibility index (Phi) is 4.69. The number of alkyl halides is 3. The van der Waals surface area contributed by atoms with Crippen LogP contribution in [-0.4, -0.2) is 17.9 Å². The molecule has 1 heterocycles. The van der Waals surface area contributed by atoms with Crippen LogP contribution in [-0.2, 0) is 11.6 Å². The van der Waals surface area contributed by atoms with Gasteiger partial charge in [0.2, 0.25) is 11.7 Å². The van der Waals surface area contributed by atoms with Crippen LogP contribution in [0.15, 0.2) is 36.4 Å². The number of hydrogen-bond donors (Lipinski definition) is 0. The van der Waals surface area contributed by atoms with Gasteiger partial charge in [-0.2, -0.15) is 13.2 Å². The summed E-state index contributed by atoms with van der Waals surface area (Å²) in [5.74, 6) is -1.07. The van der Waals surface area contributed by atoms with E-state index in [1.165, 1.54) is 0 Å². The molecule has 0 bridgehead atoms. The van der Waals surface area contributed by atoms with Gasteiger partial charge in [0.05, 0.1) is 7.11 Å². The molecule has 0 aliphatic heterocycles. The zero-order valence-electron chi connectivity index (χ0n) is 13.9. The van der Waals surface area contributed by atoms with Crippen LogP contribution < -0.4 is 4.74 Å². The van der Waals surface area contributed by atoms with E-state index in [0.717, 1.165) is 24.8 Å². The van der Waals surface area contributed by atoms with Crippen LogP contribution in [0.4, 0.5) is 13.2 Å². The normalized spacial score (nSPS) is 12.1. The average molecular weight is 337 g/mol. The Hall–Kier alpha value is -2.37. The summed E-state index contributed by atoms with van der Waals surface area (Å²) in [6.45, 7) is 6.14. The van der Waals surface area contributed by atoms with Gasteiger partial charge in [-0.15, -0.1) is 0 Å². The minimum Gasteiger partial charge on any atom is -0.481 e. The second kappa shape index (κ2) is 6.26. The lowest BCUT2D eigenvalue weighted by Gasteiger charge is -2.19. The number of aromatic nitrogens is 1. The average Bonchev–Trinajstić information content (AvgIpc) is 2.52. The van der Waals surface area contributed by atoms with Crippen molar-refractivity contribution < 1.29 is 22.7 Å². The largest absolute Gasteiger partial charge is 0.481 e. The quantitative estimate of drug-likeness (QED) is 0.766. The molecule has 0 saturated carbocycles. The number of benzene rings is 1. The number of halogens is 3. The molecule has 1 aromatic carbocycles. The Bertz CT molecular complexity index is 744. The Morgan fingerprint density at radius 1 is 1.00 bits per heavy atom. The number of pyridine rings is 1. The lowest BCUT2D eigenvalue weighted by atomic mass is 9.86. The molecule has 0 fully saturated rings. The van der Waals surface area contributed by atoms with E-state index in [9.17, 15) is 18.0 Å². The van der Waals surface area contributed by atoms with Crippen molar-refractivity contribution in [2.24, 2.45) is 0 Å². The molecule has 0 aliphatic rings. The molecule has 6 heteroatoms. The molecular weight excluding hydrogens is 319 g/mol. The highest BCUT2D eigenvalue weighted by atomic mass is 19.4. The first-order chi connectivity index (χ1) is 11.0. The number of carbonyl (C=O) groups is 1. The van der Waals surface area contributed by atoms with Gasteiger partial charge >= 0.3 is 6.18 Å². The van der Waals surface area contributed by atoms with Crippen molar-refractivity contribution in [1.82, 2.24) is 4.98 Å². The van der Waals surface area contributed by atoms with E-state index in [-0.39, 0.29) is 11.1 Å². The molecule has 0 unspecified atom stereocenters. The molecule has 0 amide bonds. The molecule has 0 spiro atoms. The van der Waals surface area contributed by atoms with Gasteiger partial charge in [-0.25, -0.2) is 4.98 Å². The van der Waals surface area contributed by atoms with Crippen molar-refractivity contribution in [3.8, 4) is 5.88 Å². The number of rotatable bonds is 3. The summed E-state index contributed by atoms with van der Waals surface area (Å²) in [5.41, 5.74) is 0.250. The van der Waals surface area contributed by atoms with Crippen LogP contribution >= 0.6 is 0 Å². The van der Waals surface area contributed by atoms with Gasteiger partial charge in [-0.1, -0.05) is 45.0 Å². The van der Waals surface area contributed by atoms with Gasteiger partial charge in [0.15, 0.2) is 0 Å². The Balaban J connectivity index is 2.36. The Labute approximate surface area is 138 Å². The maximum Gasteiger partial charge on any atom is 0.421 e. The fourth-order valence-corrected chi connectivity index (χ4v) is 2.21. The summed E-state index contributed by atoms with van der Waals surface area (Å²) < 4.78 is 43.2. The maximum absolute atomic E-state index is 12.8. The number of carbonyl (C=O) groups excluding carboxylic acids is 1. The summed E-state index contributed by atoms with van der Waals surface area (Å²) in [4.78, 5) is 16.2. The fourth-order valence-electron chi connectivity index (χ4n) is 2.21. The lowest BCUT2D eigenvalue weighted by Crippen LogP contribution is -2.13. The number of ether oxygens (including phenoxy) is 1. The highest BCUT2D eigenvalue weighted by Gasteiger charge is 2.35. The third kappa shape index (κ3) is 3.75. The minimum absolute atomic E-state index is 0.0581. The summed E-state index contributed by atoms with van der Waals surface area (Å²) in [7, 11) is 1.09. The third-order valence-electron chi connectivity index (χ3n) is 3.60. The first-order valence-corrected chi connectivity index (χ1v) is 7.31. The molecular formula is C18H18F3NO2. The van der Waals surface area contributed by atoms with Crippen molar-refractivity contribution >= 4 is 5.78 Å². The predicted octanol–water partition coefficient (Wildman–Crippen LogP) is 4.64. The summed E-state index contributed by atoms with van der Waals surface area (Å²) >= 11 is 0. The van der Waals surface area contributed by atoms with E-state index in [1.54, 1.807) is 12.1 Å². The first kappa shape index (κ1) is 18.0. The van der Waals surface area contributed by atoms with Crippen LogP contribution in [0.2, 0.25) is 0 Å². The van der Waals surface area contributed by atoms with E-state index >= 15 is 0 Å². The van der Waals surface area contributed by atoms with Gasteiger partial charge < -0.3 is 4.74 Å². The minimum atomic E-state index is -4.59. The molecule has 0 aliphatic carbocycles. The van der Waals surface area contributed by atoms with Gasteiger partial charge in [-0.3, -0.25) is 4.79 Å². The fraction of sp³-hybridized carbons (Fsp3) is 0.333. The molecule has 0 radical (unpaired) electrons. The topological polar surface area (TPSA) is 39.2 Å². The van der Waals surface area contributed by atoms with Crippen LogP contribution in [0.3, 0.4) is 0 Å². The van der Waals surface area contributed by atoms with Gasteiger partial charge in [0.1, 0.15) is 11.3 Å². The number of ketones is 1. The van der Waals surface area contributed by atoms with Crippen LogP contribution in [0.5, 0.6) is 5.88 Å². The highest BCUT2D eigenvalue weighted by molar-refractivity contribution is 6.07. The van der Waals surface area contributed by atoms with Crippen molar-refractivity contribution in [2.75, 3.05) is 7.11 Å². The molecule has 0 N–H and O–H groups in total. The summed E-state index contributed by atoms with van der Waals surface area (Å²) in [6, 6.07) is 8.82. The standard InChI is InChI=1S/C18H18F3NO2/c1-17(2,3)12-7-5-11(6-8-12)15(23)14-10-9-13(18(19,20)21)16(22-14)24-4/h5-10H,1-4H3. The van der Waals surface area contributed by atoms with Crippen molar-refractivity contribution in [1.29, 1.82) is 0 Å². The molecule has 2 rings (SSSR count). The van der Waals surface area contributed by atoms with Crippen molar-refractivity contribution in [3.63, 3.8) is 0 Å². The Morgan fingerprint density at radius 3 is 2.04 bits per heavy atom. The Morgan fingerprint density at radius 2 is 1.58 bits per heavy atom. The summed E-state index contributed by atoms with van der Waals surface area (Å²) in [5, 5.41) is 0. The van der Waals surface area contributed by atoms with Crippen LogP contribution in [0.1, 0.15) is 48.0 Å². The van der Waals surface area contributed by atoms with E-state index in [2.05, 4.69) is 9.72 Å². The molecule has 1 aromatic heterocycles. The summed E-state index contributed by atoms with van der Waals surface area (Å²) in [6.07, 6.45) is -4.59. The van der Waals surface area contributed by atoms with Gasteiger partial charge in [0, 0.05) is 5.56 Å². The van der Waals surface area contributed by atoms with Gasteiger partial charge in [-0.05, 0) is 23.1 Å². The van der Waals surface area contributed by atoms with Crippen LogP contribution in [0, 0.1) is 0 Å². The first-order valence-electron chi connectivity index (χ1n) is 7.31. The van der Waals surface area contributed by atoms with Crippen molar-refractivity contribution in [2.45, 2.75) is 32.4 Å². The number of hydrogen-bond acceptors (Lipinski definition) is 3. The van der Waals surface area contributed by atoms with Gasteiger partial charge in [0.25, 0.3) is 0 Å². The smallest absolute Gasteiger partial charge is 0.421 e. The highest BCUT2D eigenvalue weighted by Crippen LogP contribution is 2.35. The monoisotopic (exact) mass is 337 g/mol. The SMILES string of the molecule is COc1nc(C(=O)c2ccc(C(C)(C)C)cc2)ccc1C(F)(F)F. The van der Waals surface area contributed by atoms with E-state index < -0.39 is 23.4 Å². The van der Waals surface area contributed by atoms with Crippen LogP contribution in [0.25, 0.3) is 0 Å². The van der Waals surface area contributed by atoms with Crippen molar-refractivity contribution in [3.05, 3.63) is 58.8 Å². The molecule has 128 valence electrons. The van der Waals surface area contributed by atoms with E-state index in [0.29, 0.717) is 5.56 Å². The lowest BCUT2D eigenvalue weighted by molar-refractivity contribution is -0.139. The predicted molar refractivity (Wildman–Crippen MR) is 84.4 cm³/mol. The maximum atomic E-state index is 12.8. The second-order valence-electron chi connectivity index (χ2n) is 6.41. The second-order valence-corrected chi connectivity index (χ2v) is 6.41. The number of nitrogens with zero attached hydrogens (tertiary/aromatic N) is 1. The molecule has 24 heavy (non-hydrogen) atoms. The zero-order chi connectivity index (χ0) is 18.1. The molecule has 3 nitrogen and oxygen atoms in total. The third-order valence-corrected chi connectivity index (χ3v) is 3.60. The zero-order valence-corrected chi connectivity index (χ0v) is 13.9.